The van der Waals surface area contributed by atoms with Crippen LogP contribution < -0.4 is 5.06 Å². The fourth-order valence-electron chi connectivity index (χ4n) is 2.80. The van der Waals surface area contributed by atoms with Crippen LogP contribution in [-0.2, 0) is 15.8 Å². The summed E-state index contributed by atoms with van der Waals surface area (Å²) in [5.41, 5.74) is 0.816. The number of hydrogen-bond donors (Lipinski definition) is 0. The molecule has 7 heteroatoms. The highest BCUT2D eigenvalue weighted by Crippen LogP contribution is 2.39. The Balaban J connectivity index is 1.89. The van der Waals surface area contributed by atoms with E-state index in [0.29, 0.717) is 18.1 Å². The molecule has 0 unspecified atom stereocenters. The van der Waals surface area contributed by atoms with E-state index in [4.69, 9.17) is 21.2 Å². The van der Waals surface area contributed by atoms with Crippen molar-refractivity contribution in [3.63, 3.8) is 0 Å². The van der Waals surface area contributed by atoms with Gasteiger partial charge in [0.05, 0.1) is 17.3 Å². The van der Waals surface area contributed by atoms with Crippen molar-refractivity contribution < 1.29 is 22.7 Å². The van der Waals surface area contributed by atoms with E-state index in [1.807, 2.05) is 6.92 Å². The Labute approximate surface area is 148 Å². The second-order valence-corrected chi connectivity index (χ2v) is 6.10. The topological polar surface area (TPSA) is 21.7 Å². The number of alkyl halides is 3. The van der Waals surface area contributed by atoms with Gasteiger partial charge in [0.25, 0.3) is 0 Å². The first-order chi connectivity index (χ1) is 11.9. The van der Waals surface area contributed by atoms with Crippen molar-refractivity contribution in [2.24, 2.45) is 0 Å². The van der Waals surface area contributed by atoms with Crippen LogP contribution in [0.15, 0.2) is 48.5 Å². The molecule has 3 rings (SSSR count). The van der Waals surface area contributed by atoms with Crippen LogP contribution >= 0.6 is 11.6 Å². The van der Waals surface area contributed by atoms with Crippen molar-refractivity contribution in [3.8, 4) is 0 Å². The van der Waals surface area contributed by atoms with Crippen molar-refractivity contribution in [2.45, 2.75) is 31.9 Å². The zero-order valence-corrected chi connectivity index (χ0v) is 14.2. The van der Waals surface area contributed by atoms with E-state index in [9.17, 15) is 13.2 Å². The van der Waals surface area contributed by atoms with Gasteiger partial charge < -0.3 is 4.74 Å². The van der Waals surface area contributed by atoms with E-state index in [-0.39, 0.29) is 6.04 Å². The summed E-state index contributed by atoms with van der Waals surface area (Å²) >= 11 is 5.92. The first kappa shape index (κ1) is 18.0. The van der Waals surface area contributed by atoms with Crippen molar-refractivity contribution in [2.75, 3.05) is 11.7 Å². The van der Waals surface area contributed by atoms with Crippen molar-refractivity contribution >= 4 is 17.3 Å². The Bertz CT molecular complexity index is 704. The SMILES string of the molecule is CCO[C@H]1C[C@H](c2ccc(C(F)(F)F)cc2)N(c2ccc(Cl)cc2)O1. The molecule has 1 aliphatic rings. The molecule has 1 aliphatic heterocycles. The summed E-state index contributed by atoms with van der Waals surface area (Å²) in [5, 5.41) is 2.26. The van der Waals surface area contributed by atoms with Gasteiger partial charge >= 0.3 is 6.18 Å². The number of hydrogen-bond acceptors (Lipinski definition) is 3. The largest absolute Gasteiger partial charge is 0.416 e. The van der Waals surface area contributed by atoms with E-state index in [1.54, 1.807) is 29.3 Å². The molecule has 3 nitrogen and oxygen atoms in total. The van der Waals surface area contributed by atoms with Crippen LogP contribution in [0.3, 0.4) is 0 Å². The lowest BCUT2D eigenvalue weighted by atomic mass is 10.0. The van der Waals surface area contributed by atoms with Crippen molar-refractivity contribution in [3.05, 3.63) is 64.7 Å². The summed E-state index contributed by atoms with van der Waals surface area (Å²) in [6.07, 6.45) is -4.29. The lowest BCUT2D eigenvalue weighted by molar-refractivity contribution is -0.137. The Kier molecular flexibility index (Phi) is 5.22. The summed E-state index contributed by atoms with van der Waals surface area (Å²) in [5.74, 6) is 0. The molecule has 0 N–H and O–H groups in total. The quantitative estimate of drug-likeness (QED) is 0.697. The number of ether oxygens (including phenoxy) is 1. The maximum Gasteiger partial charge on any atom is 0.416 e. The third-order valence-corrected chi connectivity index (χ3v) is 4.24. The van der Waals surface area contributed by atoms with Crippen LogP contribution in [0.2, 0.25) is 5.02 Å². The first-order valence-electron chi connectivity index (χ1n) is 7.89. The molecule has 134 valence electrons. The minimum absolute atomic E-state index is 0.250. The molecule has 2 aromatic rings. The highest BCUT2D eigenvalue weighted by molar-refractivity contribution is 6.30. The van der Waals surface area contributed by atoms with Crippen LogP contribution in [0.1, 0.15) is 30.5 Å². The van der Waals surface area contributed by atoms with E-state index in [1.165, 1.54) is 12.1 Å². The molecular formula is C18H17ClF3NO2. The van der Waals surface area contributed by atoms with E-state index < -0.39 is 18.0 Å². The zero-order chi connectivity index (χ0) is 18.0. The summed E-state index contributed by atoms with van der Waals surface area (Å²) in [6, 6.07) is 12.0. The molecule has 0 saturated carbocycles. The number of hydroxylamine groups is 1. The standard InChI is InChI=1S/C18H17ClF3NO2/c1-2-24-17-11-16(12-3-5-13(6-4-12)18(20,21)22)23(25-17)15-9-7-14(19)8-10-15/h3-10,16-17H,2,11H2,1H3/t16-,17-/m1/s1. The van der Waals surface area contributed by atoms with Crippen LogP contribution in [0.4, 0.5) is 18.9 Å². The number of nitrogens with zero attached hydrogens (tertiary/aromatic N) is 1. The van der Waals surface area contributed by atoms with Gasteiger partial charge in [0.1, 0.15) is 0 Å². The Hall–Kier alpha value is -1.76. The van der Waals surface area contributed by atoms with Crippen LogP contribution in [0.5, 0.6) is 0 Å². The Morgan fingerprint density at radius 3 is 2.32 bits per heavy atom. The molecule has 0 spiro atoms. The van der Waals surface area contributed by atoms with Gasteiger partial charge in [-0.1, -0.05) is 23.7 Å². The van der Waals surface area contributed by atoms with Gasteiger partial charge in [0, 0.05) is 18.1 Å². The van der Waals surface area contributed by atoms with Gasteiger partial charge in [-0.15, -0.1) is 0 Å². The molecule has 2 atom stereocenters. The molecule has 0 bridgehead atoms. The van der Waals surface area contributed by atoms with E-state index in [2.05, 4.69) is 0 Å². The molecule has 0 aliphatic carbocycles. The number of benzene rings is 2. The van der Waals surface area contributed by atoms with Gasteiger partial charge in [0.2, 0.25) is 0 Å². The Morgan fingerprint density at radius 2 is 1.76 bits per heavy atom. The molecule has 0 aromatic heterocycles. The molecule has 25 heavy (non-hydrogen) atoms. The Morgan fingerprint density at radius 1 is 1.12 bits per heavy atom. The second-order valence-electron chi connectivity index (χ2n) is 5.66. The molecule has 0 amide bonds. The summed E-state index contributed by atoms with van der Waals surface area (Å²) in [7, 11) is 0. The van der Waals surface area contributed by atoms with Gasteiger partial charge in [0.15, 0.2) is 6.29 Å². The van der Waals surface area contributed by atoms with Gasteiger partial charge in [-0.25, -0.2) is 9.90 Å². The fourth-order valence-corrected chi connectivity index (χ4v) is 2.93. The summed E-state index contributed by atoms with van der Waals surface area (Å²) in [4.78, 5) is 5.84. The minimum atomic E-state index is -4.35. The van der Waals surface area contributed by atoms with Crippen molar-refractivity contribution in [1.82, 2.24) is 0 Å². The van der Waals surface area contributed by atoms with Gasteiger partial charge in [-0.05, 0) is 48.9 Å². The lowest BCUT2D eigenvalue weighted by Crippen LogP contribution is -2.22. The number of anilines is 1. The van der Waals surface area contributed by atoms with Crippen LogP contribution in [0, 0.1) is 0 Å². The van der Waals surface area contributed by atoms with Crippen LogP contribution in [0.25, 0.3) is 0 Å². The number of halogens is 4. The maximum absolute atomic E-state index is 12.8. The third-order valence-electron chi connectivity index (χ3n) is 3.99. The number of rotatable bonds is 4. The maximum atomic E-state index is 12.8. The first-order valence-corrected chi connectivity index (χ1v) is 8.26. The molecular weight excluding hydrogens is 355 g/mol. The lowest BCUT2D eigenvalue weighted by Gasteiger charge is -2.25. The summed E-state index contributed by atoms with van der Waals surface area (Å²) < 4.78 is 43.9. The molecule has 1 fully saturated rings. The molecule has 0 radical (unpaired) electrons. The zero-order valence-electron chi connectivity index (χ0n) is 13.5. The third kappa shape index (κ3) is 4.08. The van der Waals surface area contributed by atoms with Crippen molar-refractivity contribution in [1.29, 1.82) is 0 Å². The molecule has 2 aromatic carbocycles. The average Bonchev–Trinajstić information content (AvgIpc) is 2.99. The highest BCUT2D eigenvalue weighted by atomic mass is 35.5. The van der Waals surface area contributed by atoms with E-state index in [0.717, 1.165) is 23.4 Å². The minimum Gasteiger partial charge on any atom is -0.350 e. The fraction of sp³-hybridized carbons (Fsp3) is 0.333. The highest BCUT2D eigenvalue weighted by Gasteiger charge is 2.36. The van der Waals surface area contributed by atoms with E-state index >= 15 is 0 Å². The van der Waals surface area contributed by atoms with Crippen LogP contribution in [-0.4, -0.2) is 12.9 Å². The average molecular weight is 372 g/mol. The smallest absolute Gasteiger partial charge is 0.350 e. The van der Waals surface area contributed by atoms with Gasteiger partial charge in [-0.2, -0.15) is 13.2 Å². The van der Waals surface area contributed by atoms with Gasteiger partial charge in [-0.3, -0.25) is 0 Å². The normalized spacial score (nSPS) is 20.9. The predicted molar refractivity (Wildman–Crippen MR) is 89.2 cm³/mol. The predicted octanol–water partition coefficient (Wildman–Crippen LogP) is 5.60. The summed E-state index contributed by atoms with van der Waals surface area (Å²) in [6.45, 7) is 2.35. The molecule has 1 heterocycles. The second kappa shape index (κ2) is 7.23. The monoisotopic (exact) mass is 371 g/mol. The molecule has 1 saturated heterocycles.